The highest BCUT2D eigenvalue weighted by molar-refractivity contribution is 8.01. The molecule has 0 aromatic carbocycles. The smallest absolute Gasteiger partial charge is 0.233 e. The second kappa shape index (κ2) is 10.6. The Labute approximate surface area is 137 Å². The molecule has 0 atom stereocenters. The zero-order valence-corrected chi connectivity index (χ0v) is 13.6. The number of carbonyl (C=O) groups excluding carboxylic acids is 1. The van der Waals surface area contributed by atoms with Crippen LogP contribution in [0.5, 0.6) is 0 Å². The molecule has 1 amide bonds. The number of hydrogen-bond acceptors (Lipinski definition) is 8. The van der Waals surface area contributed by atoms with Crippen molar-refractivity contribution in [2.45, 2.75) is 17.2 Å². The fourth-order valence-corrected chi connectivity index (χ4v) is 3.11. The summed E-state index contributed by atoms with van der Waals surface area (Å²) in [6.07, 6.45) is 2.24. The molecule has 7 nitrogen and oxygen atoms in total. The van der Waals surface area contributed by atoms with Crippen molar-refractivity contribution >= 4 is 34.1 Å². The molecule has 0 bridgehead atoms. The van der Waals surface area contributed by atoms with Gasteiger partial charge in [-0.3, -0.25) is 4.79 Å². The monoisotopic (exact) mass is 336 g/mol. The molecule has 22 heavy (non-hydrogen) atoms. The van der Waals surface area contributed by atoms with Gasteiger partial charge < -0.3 is 10.2 Å². The molecule has 0 saturated carbocycles. The summed E-state index contributed by atoms with van der Waals surface area (Å²) in [5, 5.41) is 28.9. The molecule has 1 rings (SSSR count). The SMILES string of the molecule is C=CCNc1nnc(SCC(=O)N(CCC#N)CCC#N)s1. The fourth-order valence-electron chi connectivity index (χ4n) is 1.44. The number of carbonyl (C=O) groups is 1. The van der Waals surface area contributed by atoms with Crippen molar-refractivity contribution in [1.82, 2.24) is 15.1 Å². The Kier molecular flexibility index (Phi) is 8.65. The standard InChI is InChI=1S/C13H16N6OS2/c1-2-7-16-12-17-18-13(22-12)21-10-11(20)19(8-3-5-14)9-4-6-15/h2H,1,3-4,7-10H2,(H,16,17). The lowest BCUT2D eigenvalue weighted by Crippen LogP contribution is -2.34. The molecular formula is C13H16N6OS2. The third-order valence-corrected chi connectivity index (χ3v) is 4.46. The molecular weight excluding hydrogens is 320 g/mol. The number of anilines is 1. The molecule has 0 fully saturated rings. The highest BCUT2D eigenvalue weighted by Gasteiger charge is 2.14. The number of nitrogens with zero attached hydrogens (tertiary/aromatic N) is 5. The summed E-state index contributed by atoms with van der Waals surface area (Å²) in [5.41, 5.74) is 0. The molecule has 0 spiro atoms. The van der Waals surface area contributed by atoms with Gasteiger partial charge >= 0.3 is 0 Å². The number of thioether (sulfide) groups is 1. The number of aromatic nitrogens is 2. The van der Waals surface area contributed by atoms with Gasteiger partial charge in [0.15, 0.2) is 4.34 Å². The molecule has 1 aromatic heterocycles. The third-order valence-electron chi connectivity index (χ3n) is 2.46. The zero-order chi connectivity index (χ0) is 16.2. The van der Waals surface area contributed by atoms with Gasteiger partial charge in [0.05, 0.1) is 30.7 Å². The summed E-state index contributed by atoms with van der Waals surface area (Å²) in [5.74, 6) is 0.110. The summed E-state index contributed by atoms with van der Waals surface area (Å²) in [7, 11) is 0. The lowest BCUT2D eigenvalue weighted by atomic mass is 10.3. The van der Waals surface area contributed by atoms with Crippen LogP contribution in [0.4, 0.5) is 5.13 Å². The van der Waals surface area contributed by atoms with Crippen molar-refractivity contribution in [3.05, 3.63) is 12.7 Å². The number of rotatable bonds is 10. The number of nitrogens with one attached hydrogen (secondary N) is 1. The minimum absolute atomic E-state index is 0.105. The summed E-state index contributed by atoms with van der Waals surface area (Å²) in [6, 6.07) is 4.01. The second-order valence-electron chi connectivity index (χ2n) is 4.03. The molecule has 0 radical (unpaired) electrons. The van der Waals surface area contributed by atoms with Crippen LogP contribution < -0.4 is 5.32 Å². The molecule has 9 heteroatoms. The molecule has 1 heterocycles. The van der Waals surface area contributed by atoms with Gasteiger partial charge in [0.25, 0.3) is 0 Å². The molecule has 0 aliphatic heterocycles. The summed E-state index contributed by atoms with van der Waals surface area (Å²) < 4.78 is 0.695. The highest BCUT2D eigenvalue weighted by atomic mass is 32.2. The van der Waals surface area contributed by atoms with E-state index in [1.54, 1.807) is 6.08 Å². The molecule has 0 saturated heterocycles. The van der Waals surface area contributed by atoms with E-state index in [1.807, 2.05) is 12.1 Å². The molecule has 0 unspecified atom stereocenters. The second-order valence-corrected chi connectivity index (χ2v) is 6.23. The zero-order valence-electron chi connectivity index (χ0n) is 12.0. The van der Waals surface area contributed by atoms with Gasteiger partial charge in [0.1, 0.15) is 0 Å². The highest BCUT2D eigenvalue weighted by Crippen LogP contribution is 2.25. The minimum Gasteiger partial charge on any atom is -0.357 e. The van der Waals surface area contributed by atoms with Gasteiger partial charge in [-0.1, -0.05) is 29.2 Å². The lowest BCUT2D eigenvalue weighted by molar-refractivity contribution is -0.128. The average Bonchev–Trinajstić information content (AvgIpc) is 2.98. The normalized spacial score (nSPS) is 9.55. The van der Waals surface area contributed by atoms with Crippen molar-refractivity contribution in [3.63, 3.8) is 0 Å². The van der Waals surface area contributed by atoms with Gasteiger partial charge in [-0.25, -0.2) is 0 Å². The van der Waals surface area contributed by atoms with Crippen LogP contribution in [-0.2, 0) is 4.79 Å². The first-order chi connectivity index (χ1) is 10.7. The van der Waals surface area contributed by atoms with Gasteiger partial charge in [-0.2, -0.15) is 10.5 Å². The lowest BCUT2D eigenvalue weighted by Gasteiger charge is -2.19. The Bertz CT molecular complexity index is 556. The predicted molar refractivity (Wildman–Crippen MR) is 86.4 cm³/mol. The van der Waals surface area contributed by atoms with Crippen molar-refractivity contribution in [2.24, 2.45) is 0 Å². The Hall–Kier alpha value is -2.10. The van der Waals surface area contributed by atoms with Crippen molar-refractivity contribution in [3.8, 4) is 12.1 Å². The van der Waals surface area contributed by atoms with Crippen LogP contribution in [0, 0.1) is 22.7 Å². The van der Waals surface area contributed by atoms with Gasteiger partial charge in [-0.15, -0.1) is 16.8 Å². The average molecular weight is 336 g/mol. The first kappa shape index (κ1) is 18.0. The summed E-state index contributed by atoms with van der Waals surface area (Å²) in [6.45, 7) is 4.90. The quantitative estimate of drug-likeness (QED) is 0.513. The van der Waals surface area contributed by atoms with Crippen LogP contribution in [0.25, 0.3) is 0 Å². The maximum absolute atomic E-state index is 12.1. The van der Waals surface area contributed by atoms with E-state index in [4.69, 9.17) is 10.5 Å². The summed E-state index contributed by atoms with van der Waals surface area (Å²) in [4.78, 5) is 13.7. The minimum atomic E-state index is -0.105. The van der Waals surface area contributed by atoms with Crippen LogP contribution in [0.2, 0.25) is 0 Å². The van der Waals surface area contributed by atoms with E-state index in [0.29, 0.717) is 29.1 Å². The maximum atomic E-state index is 12.1. The number of nitriles is 2. The van der Waals surface area contributed by atoms with Gasteiger partial charge in [0, 0.05) is 19.6 Å². The Morgan fingerprint density at radius 3 is 2.64 bits per heavy atom. The van der Waals surface area contributed by atoms with E-state index in [2.05, 4.69) is 22.1 Å². The fraction of sp³-hybridized carbons (Fsp3) is 0.462. The van der Waals surface area contributed by atoms with Gasteiger partial charge in [-0.05, 0) is 0 Å². The number of hydrogen-bond donors (Lipinski definition) is 1. The largest absolute Gasteiger partial charge is 0.357 e. The van der Waals surface area contributed by atoms with Crippen LogP contribution in [0.1, 0.15) is 12.8 Å². The van der Waals surface area contributed by atoms with Crippen molar-refractivity contribution in [2.75, 3.05) is 30.7 Å². The van der Waals surface area contributed by atoms with E-state index in [-0.39, 0.29) is 24.5 Å². The van der Waals surface area contributed by atoms with E-state index < -0.39 is 0 Å². The van der Waals surface area contributed by atoms with Crippen LogP contribution in [0.3, 0.4) is 0 Å². The molecule has 116 valence electrons. The molecule has 0 aliphatic carbocycles. The molecule has 0 aliphatic rings. The van der Waals surface area contributed by atoms with E-state index >= 15 is 0 Å². The maximum Gasteiger partial charge on any atom is 0.233 e. The van der Waals surface area contributed by atoms with E-state index in [0.717, 1.165) is 0 Å². The predicted octanol–water partition coefficient (Wildman–Crippen LogP) is 1.88. The van der Waals surface area contributed by atoms with E-state index in [9.17, 15) is 4.79 Å². The Balaban J connectivity index is 2.47. The Morgan fingerprint density at radius 2 is 2.05 bits per heavy atom. The first-order valence-corrected chi connectivity index (χ1v) is 8.34. The van der Waals surface area contributed by atoms with Crippen LogP contribution >= 0.6 is 23.1 Å². The van der Waals surface area contributed by atoms with Crippen LogP contribution in [0.15, 0.2) is 17.0 Å². The topological polar surface area (TPSA) is 106 Å². The van der Waals surface area contributed by atoms with Crippen LogP contribution in [-0.4, -0.2) is 46.4 Å². The molecule has 1 N–H and O–H groups in total. The number of amides is 1. The van der Waals surface area contributed by atoms with Crippen molar-refractivity contribution < 1.29 is 4.79 Å². The van der Waals surface area contributed by atoms with E-state index in [1.165, 1.54) is 28.0 Å². The third kappa shape index (κ3) is 6.57. The first-order valence-electron chi connectivity index (χ1n) is 6.54. The molecule has 1 aromatic rings. The van der Waals surface area contributed by atoms with Crippen molar-refractivity contribution in [1.29, 1.82) is 10.5 Å². The van der Waals surface area contributed by atoms with Gasteiger partial charge in [0.2, 0.25) is 11.0 Å². The summed E-state index contributed by atoms with van der Waals surface area (Å²) >= 11 is 2.67. The Morgan fingerprint density at radius 1 is 1.36 bits per heavy atom.